The molecule has 1 heterocycles. The second-order valence-corrected chi connectivity index (χ2v) is 5.78. The number of rotatable bonds is 6. The Hall–Kier alpha value is -2.65. The lowest BCUT2D eigenvalue weighted by Crippen LogP contribution is -2.18. The van der Waals surface area contributed by atoms with Gasteiger partial charge in [0.15, 0.2) is 0 Å². The fourth-order valence-corrected chi connectivity index (χ4v) is 2.74. The maximum atomic E-state index is 5.52. The summed E-state index contributed by atoms with van der Waals surface area (Å²) in [5.74, 6) is 0.903. The van der Waals surface area contributed by atoms with Gasteiger partial charge >= 0.3 is 0 Å². The second kappa shape index (κ2) is 7.75. The van der Waals surface area contributed by atoms with Crippen LogP contribution in [-0.4, -0.2) is 12.1 Å². The van der Waals surface area contributed by atoms with Crippen molar-refractivity contribution in [1.29, 1.82) is 0 Å². The molecule has 3 aromatic rings. The maximum absolute atomic E-state index is 5.52. The molecule has 0 radical (unpaired) electrons. The highest BCUT2D eigenvalue weighted by molar-refractivity contribution is 5.65. The fourth-order valence-electron chi connectivity index (χ4n) is 2.74. The van der Waals surface area contributed by atoms with Gasteiger partial charge in [0, 0.05) is 30.5 Å². The normalized spacial score (nSPS) is 11.9. The Morgan fingerprint density at radius 3 is 2.54 bits per heavy atom. The van der Waals surface area contributed by atoms with Crippen LogP contribution in [0.2, 0.25) is 0 Å². The van der Waals surface area contributed by atoms with Gasteiger partial charge in [0.05, 0.1) is 7.11 Å². The molecule has 24 heavy (non-hydrogen) atoms. The standard InChI is InChI=1S/C21H22N2O/c1-16(19-9-6-12-22-14-19)23-15-20-13-18(10-11-21(20)24-2)17-7-4-3-5-8-17/h3-14,16,23H,15H2,1-2H3. The summed E-state index contributed by atoms with van der Waals surface area (Å²) in [6.07, 6.45) is 3.69. The Bertz CT molecular complexity index is 772. The average molecular weight is 318 g/mol. The minimum atomic E-state index is 0.226. The van der Waals surface area contributed by atoms with E-state index in [1.165, 1.54) is 16.7 Å². The van der Waals surface area contributed by atoms with Gasteiger partial charge in [0.2, 0.25) is 0 Å². The molecule has 0 spiro atoms. The molecule has 3 rings (SSSR count). The lowest BCUT2D eigenvalue weighted by Gasteiger charge is -2.16. The molecule has 0 amide bonds. The molecule has 3 nitrogen and oxygen atoms in total. The number of ether oxygens (including phenoxy) is 1. The highest BCUT2D eigenvalue weighted by Crippen LogP contribution is 2.27. The van der Waals surface area contributed by atoms with Gasteiger partial charge in [-0.15, -0.1) is 0 Å². The van der Waals surface area contributed by atoms with E-state index in [1.807, 2.05) is 24.4 Å². The number of pyridine rings is 1. The summed E-state index contributed by atoms with van der Waals surface area (Å²) in [7, 11) is 1.71. The minimum Gasteiger partial charge on any atom is -0.496 e. The van der Waals surface area contributed by atoms with Crippen molar-refractivity contribution in [3.05, 3.63) is 84.2 Å². The molecule has 0 aliphatic rings. The van der Waals surface area contributed by atoms with Gasteiger partial charge in [0.1, 0.15) is 5.75 Å². The van der Waals surface area contributed by atoms with Crippen molar-refractivity contribution >= 4 is 0 Å². The zero-order valence-electron chi connectivity index (χ0n) is 14.1. The van der Waals surface area contributed by atoms with Gasteiger partial charge in [0.25, 0.3) is 0 Å². The van der Waals surface area contributed by atoms with Gasteiger partial charge < -0.3 is 10.1 Å². The molecule has 1 unspecified atom stereocenters. The Morgan fingerprint density at radius 2 is 1.83 bits per heavy atom. The summed E-state index contributed by atoms with van der Waals surface area (Å²) in [6, 6.07) is 21.0. The summed E-state index contributed by atoms with van der Waals surface area (Å²) < 4.78 is 5.52. The van der Waals surface area contributed by atoms with E-state index in [2.05, 4.69) is 59.7 Å². The Labute approximate surface area is 143 Å². The zero-order valence-corrected chi connectivity index (χ0v) is 14.1. The van der Waals surface area contributed by atoms with Gasteiger partial charge in [-0.3, -0.25) is 4.98 Å². The number of methoxy groups -OCH3 is 1. The molecule has 0 saturated heterocycles. The molecule has 3 heteroatoms. The lowest BCUT2D eigenvalue weighted by atomic mass is 10.0. The SMILES string of the molecule is COc1ccc(-c2ccccc2)cc1CNC(C)c1cccnc1. The third kappa shape index (κ3) is 3.81. The van der Waals surface area contributed by atoms with Gasteiger partial charge in [-0.05, 0) is 41.8 Å². The monoisotopic (exact) mass is 318 g/mol. The quantitative estimate of drug-likeness (QED) is 0.721. The third-order valence-electron chi connectivity index (χ3n) is 4.17. The first-order valence-corrected chi connectivity index (χ1v) is 8.13. The van der Waals surface area contributed by atoms with Crippen LogP contribution in [0.3, 0.4) is 0 Å². The van der Waals surface area contributed by atoms with Crippen molar-refractivity contribution in [2.45, 2.75) is 19.5 Å². The number of hydrogen-bond donors (Lipinski definition) is 1. The third-order valence-corrected chi connectivity index (χ3v) is 4.17. The molecule has 0 bridgehead atoms. The summed E-state index contributed by atoms with van der Waals surface area (Å²) in [5.41, 5.74) is 4.73. The van der Waals surface area contributed by atoms with E-state index in [0.717, 1.165) is 17.9 Å². The second-order valence-electron chi connectivity index (χ2n) is 5.78. The van der Waals surface area contributed by atoms with Crippen molar-refractivity contribution in [3.8, 4) is 16.9 Å². The van der Waals surface area contributed by atoms with E-state index in [1.54, 1.807) is 13.3 Å². The number of aromatic nitrogens is 1. The van der Waals surface area contributed by atoms with Crippen LogP contribution in [0.5, 0.6) is 5.75 Å². The zero-order chi connectivity index (χ0) is 16.8. The average Bonchev–Trinajstić information content (AvgIpc) is 2.67. The largest absolute Gasteiger partial charge is 0.496 e. The molecule has 1 N–H and O–H groups in total. The topological polar surface area (TPSA) is 34.1 Å². The molecule has 122 valence electrons. The summed E-state index contributed by atoms with van der Waals surface area (Å²) in [5, 5.41) is 3.55. The van der Waals surface area contributed by atoms with Crippen LogP contribution in [0.15, 0.2) is 73.1 Å². The number of hydrogen-bond acceptors (Lipinski definition) is 3. The predicted octanol–water partition coefficient (Wildman–Crippen LogP) is 4.61. The number of benzene rings is 2. The molecule has 0 aliphatic carbocycles. The first-order valence-electron chi connectivity index (χ1n) is 8.13. The molecular formula is C21H22N2O. The molecule has 2 aromatic carbocycles. The first-order chi connectivity index (χ1) is 11.8. The Morgan fingerprint density at radius 1 is 1.00 bits per heavy atom. The minimum absolute atomic E-state index is 0.226. The van der Waals surface area contributed by atoms with Crippen molar-refractivity contribution in [2.24, 2.45) is 0 Å². The van der Waals surface area contributed by atoms with Crippen molar-refractivity contribution in [2.75, 3.05) is 7.11 Å². The van der Waals surface area contributed by atoms with Crippen LogP contribution in [0.1, 0.15) is 24.1 Å². The summed E-state index contributed by atoms with van der Waals surface area (Å²) >= 11 is 0. The highest BCUT2D eigenvalue weighted by atomic mass is 16.5. The molecule has 1 atom stereocenters. The number of nitrogens with one attached hydrogen (secondary N) is 1. The first kappa shape index (κ1) is 16.2. The molecule has 0 saturated carbocycles. The van der Waals surface area contributed by atoms with Crippen molar-refractivity contribution in [3.63, 3.8) is 0 Å². The van der Waals surface area contributed by atoms with Gasteiger partial charge in [-0.2, -0.15) is 0 Å². The van der Waals surface area contributed by atoms with E-state index < -0.39 is 0 Å². The smallest absolute Gasteiger partial charge is 0.123 e. The van der Waals surface area contributed by atoms with Crippen LogP contribution in [0.4, 0.5) is 0 Å². The van der Waals surface area contributed by atoms with Gasteiger partial charge in [-0.1, -0.05) is 42.5 Å². The van der Waals surface area contributed by atoms with E-state index in [-0.39, 0.29) is 6.04 Å². The summed E-state index contributed by atoms with van der Waals surface area (Å²) in [6.45, 7) is 2.88. The van der Waals surface area contributed by atoms with Gasteiger partial charge in [-0.25, -0.2) is 0 Å². The highest BCUT2D eigenvalue weighted by Gasteiger charge is 2.09. The molecular weight excluding hydrogens is 296 g/mol. The molecule has 0 fully saturated rings. The fraction of sp³-hybridized carbons (Fsp3) is 0.190. The van der Waals surface area contributed by atoms with Crippen LogP contribution in [-0.2, 0) is 6.54 Å². The van der Waals surface area contributed by atoms with Crippen LogP contribution < -0.4 is 10.1 Å². The Kier molecular flexibility index (Phi) is 5.24. The van der Waals surface area contributed by atoms with E-state index in [0.29, 0.717) is 0 Å². The van der Waals surface area contributed by atoms with Crippen LogP contribution >= 0.6 is 0 Å². The summed E-state index contributed by atoms with van der Waals surface area (Å²) in [4.78, 5) is 4.18. The Balaban J connectivity index is 1.79. The molecule has 0 aliphatic heterocycles. The van der Waals surface area contributed by atoms with Crippen molar-refractivity contribution in [1.82, 2.24) is 10.3 Å². The van der Waals surface area contributed by atoms with Crippen molar-refractivity contribution < 1.29 is 4.74 Å². The van der Waals surface area contributed by atoms with E-state index in [9.17, 15) is 0 Å². The van der Waals surface area contributed by atoms with Crippen LogP contribution in [0.25, 0.3) is 11.1 Å². The molecule has 1 aromatic heterocycles. The predicted molar refractivity (Wildman–Crippen MR) is 97.9 cm³/mol. The lowest BCUT2D eigenvalue weighted by molar-refractivity contribution is 0.406. The van der Waals surface area contributed by atoms with E-state index in [4.69, 9.17) is 4.74 Å². The van der Waals surface area contributed by atoms with Crippen LogP contribution in [0, 0.1) is 0 Å². The number of nitrogens with zero attached hydrogens (tertiary/aromatic N) is 1. The maximum Gasteiger partial charge on any atom is 0.123 e. The van der Waals surface area contributed by atoms with E-state index >= 15 is 0 Å².